The lowest BCUT2D eigenvalue weighted by Gasteiger charge is -2.30. The number of hydrogen-bond donors (Lipinski definition) is 1. The van der Waals surface area contributed by atoms with Crippen LogP contribution in [0.15, 0.2) is 36.9 Å². The first-order chi connectivity index (χ1) is 10.0. The maximum absolute atomic E-state index is 12.6. The van der Waals surface area contributed by atoms with E-state index in [1.165, 1.54) is 4.90 Å². The Kier molecular flexibility index (Phi) is 6.46. The zero-order valence-electron chi connectivity index (χ0n) is 12.6. The number of carboxylic acids is 1. The molecule has 5 nitrogen and oxygen atoms in total. The minimum atomic E-state index is -0.923. The lowest BCUT2D eigenvalue weighted by molar-refractivity contribution is -0.136. The molecule has 1 N–H and O–H groups in total. The number of benzene rings is 1. The Labute approximate surface area is 125 Å². The maximum Gasteiger partial charge on any atom is 0.324 e. The van der Waals surface area contributed by atoms with E-state index >= 15 is 0 Å². The number of urea groups is 1. The number of rotatable bonds is 7. The highest BCUT2D eigenvalue weighted by atomic mass is 16.4. The Morgan fingerprint density at radius 2 is 2.00 bits per heavy atom. The Balaban J connectivity index is 3.06. The molecular formula is C16H22N2O3. The van der Waals surface area contributed by atoms with Crippen LogP contribution in [0.2, 0.25) is 0 Å². The van der Waals surface area contributed by atoms with Crippen molar-refractivity contribution in [1.29, 1.82) is 0 Å². The number of carbonyl (C=O) groups excluding carboxylic acids is 1. The first-order valence-electron chi connectivity index (χ1n) is 6.96. The summed E-state index contributed by atoms with van der Waals surface area (Å²) in [5, 5.41) is 8.89. The third-order valence-corrected chi connectivity index (χ3v) is 3.19. The second-order valence-electron chi connectivity index (χ2n) is 4.69. The largest absolute Gasteiger partial charge is 0.481 e. The quantitative estimate of drug-likeness (QED) is 0.785. The summed E-state index contributed by atoms with van der Waals surface area (Å²) in [6.45, 7) is 8.56. The molecule has 0 atom stereocenters. The van der Waals surface area contributed by atoms with E-state index in [0.717, 1.165) is 11.3 Å². The predicted octanol–water partition coefficient (Wildman–Crippen LogP) is 2.90. The summed E-state index contributed by atoms with van der Waals surface area (Å²) >= 11 is 0. The van der Waals surface area contributed by atoms with Gasteiger partial charge < -0.3 is 10.0 Å². The van der Waals surface area contributed by atoms with Gasteiger partial charge in [-0.15, -0.1) is 6.58 Å². The topological polar surface area (TPSA) is 60.9 Å². The number of likely N-dealkylation sites (N-methyl/N-ethyl adjacent to an activating group) is 1. The molecule has 0 saturated carbocycles. The van der Waals surface area contributed by atoms with E-state index in [-0.39, 0.29) is 19.0 Å². The molecule has 0 saturated heterocycles. The molecule has 1 aromatic rings. The second-order valence-corrected chi connectivity index (χ2v) is 4.69. The lowest BCUT2D eigenvalue weighted by Crippen LogP contribution is -2.44. The normalized spacial score (nSPS) is 10.0. The van der Waals surface area contributed by atoms with Gasteiger partial charge in [-0.3, -0.25) is 9.69 Å². The van der Waals surface area contributed by atoms with Crippen LogP contribution in [-0.4, -0.2) is 41.6 Å². The first-order valence-corrected chi connectivity index (χ1v) is 6.96. The number of amides is 2. The fraction of sp³-hybridized carbons (Fsp3) is 0.375. The van der Waals surface area contributed by atoms with Crippen LogP contribution in [0.3, 0.4) is 0 Å². The predicted molar refractivity (Wildman–Crippen MR) is 83.6 cm³/mol. The Hall–Kier alpha value is -2.30. The third-order valence-electron chi connectivity index (χ3n) is 3.19. The van der Waals surface area contributed by atoms with E-state index in [0.29, 0.717) is 13.1 Å². The number of nitrogens with zero attached hydrogens (tertiary/aromatic N) is 2. The summed E-state index contributed by atoms with van der Waals surface area (Å²) in [7, 11) is 0. The summed E-state index contributed by atoms with van der Waals surface area (Å²) in [5.41, 5.74) is 1.68. The maximum atomic E-state index is 12.6. The smallest absolute Gasteiger partial charge is 0.324 e. The number of hydrogen-bond acceptors (Lipinski definition) is 2. The van der Waals surface area contributed by atoms with E-state index in [1.807, 2.05) is 38.1 Å². The molecule has 5 heteroatoms. The molecule has 2 amide bonds. The van der Waals surface area contributed by atoms with Crippen molar-refractivity contribution >= 4 is 17.7 Å². The second kappa shape index (κ2) is 8.09. The van der Waals surface area contributed by atoms with Gasteiger partial charge in [0, 0.05) is 25.3 Å². The van der Waals surface area contributed by atoms with Gasteiger partial charge >= 0.3 is 12.0 Å². The first kappa shape index (κ1) is 16.8. The molecule has 1 rings (SSSR count). The van der Waals surface area contributed by atoms with Crippen molar-refractivity contribution in [2.75, 3.05) is 24.5 Å². The monoisotopic (exact) mass is 290 g/mol. The molecule has 114 valence electrons. The van der Waals surface area contributed by atoms with E-state index in [2.05, 4.69) is 6.58 Å². The molecule has 0 radical (unpaired) electrons. The van der Waals surface area contributed by atoms with Crippen LogP contribution in [0.4, 0.5) is 10.5 Å². The van der Waals surface area contributed by atoms with E-state index in [4.69, 9.17) is 5.11 Å². The molecule has 0 aromatic heterocycles. The van der Waals surface area contributed by atoms with Crippen LogP contribution in [0.25, 0.3) is 0 Å². The van der Waals surface area contributed by atoms with Crippen LogP contribution in [0.1, 0.15) is 18.9 Å². The standard InChI is InChI=1S/C16H22N2O3/c1-4-11-17(5-2)16(21)18(12-10-15(19)20)14-9-7-6-8-13(14)3/h4,6-9H,1,5,10-12H2,2-3H3,(H,19,20). The molecule has 0 spiro atoms. The van der Waals surface area contributed by atoms with Gasteiger partial charge in [0.05, 0.1) is 6.42 Å². The van der Waals surface area contributed by atoms with Crippen molar-refractivity contribution < 1.29 is 14.7 Å². The highest BCUT2D eigenvalue weighted by Crippen LogP contribution is 2.21. The molecule has 1 aromatic carbocycles. The SMILES string of the molecule is C=CCN(CC)C(=O)N(CCC(=O)O)c1ccccc1C. The molecule has 0 unspecified atom stereocenters. The van der Waals surface area contributed by atoms with E-state index in [1.54, 1.807) is 11.0 Å². The number of anilines is 1. The van der Waals surface area contributed by atoms with Gasteiger partial charge in [0.1, 0.15) is 0 Å². The summed E-state index contributed by atoms with van der Waals surface area (Å²) in [6, 6.07) is 7.26. The number of aliphatic carboxylic acids is 1. The fourth-order valence-electron chi connectivity index (χ4n) is 2.06. The van der Waals surface area contributed by atoms with Gasteiger partial charge in [0.2, 0.25) is 0 Å². The number of carboxylic acid groups (broad SMARTS) is 1. The number of aryl methyl sites for hydroxylation is 1. The summed E-state index contributed by atoms with van der Waals surface area (Å²) in [6.07, 6.45) is 1.57. The van der Waals surface area contributed by atoms with Gasteiger partial charge in [0.25, 0.3) is 0 Å². The Morgan fingerprint density at radius 1 is 1.33 bits per heavy atom. The van der Waals surface area contributed by atoms with Crippen LogP contribution in [0, 0.1) is 6.92 Å². The van der Waals surface area contributed by atoms with Gasteiger partial charge in [-0.1, -0.05) is 24.3 Å². The molecule has 21 heavy (non-hydrogen) atoms. The molecule has 0 heterocycles. The molecule has 0 fully saturated rings. The minimum absolute atomic E-state index is 0.0915. The van der Waals surface area contributed by atoms with Gasteiger partial charge in [0.15, 0.2) is 0 Å². The van der Waals surface area contributed by atoms with Crippen LogP contribution >= 0.6 is 0 Å². The fourth-order valence-corrected chi connectivity index (χ4v) is 2.06. The van der Waals surface area contributed by atoms with Gasteiger partial charge in [-0.05, 0) is 25.5 Å². The van der Waals surface area contributed by atoms with Crippen molar-refractivity contribution in [3.05, 3.63) is 42.5 Å². The van der Waals surface area contributed by atoms with Crippen molar-refractivity contribution in [2.24, 2.45) is 0 Å². The average Bonchev–Trinajstić information content (AvgIpc) is 2.46. The molecular weight excluding hydrogens is 268 g/mol. The van der Waals surface area contributed by atoms with E-state index < -0.39 is 5.97 Å². The lowest BCUT2D eigenvalue weighted by atomic mass is 10.2. The zero-order chi connectivity index (χ0) is 15.8. The summed E-state index contributed by atoms with van der Waals surface area (Å²) < 4.78 is 0. The van der Waals surface area contributed by atoms with Crippen LogP contribution in [0.5, 0.6) is 0 Å². The molecule has 0 aliphatic carbocycles. The molecule has 0 bridgehead atoms. The minimum Gasteiger partial charge on any atom is -0.481 e. The zero-order valence-corrected chi connectivity index (χ0v) is 12.6. The Morgan fingerprint density at radius 3 is 2.52 bits per heavy atom. The average molecular weight is 290 g/mol. The van der Waals surface area contributed by atoms with Crippen LogP contribution < -0.4 is 4.90 Å². The van der Waals surface area contributed by atoms with Crippen molar-refractivity contribution in [2.45, 2.75) is 20.3 Å². The van der Waals surface area contributed by atoms with Crippen molar-refractivity contribution in [1.82, 2.24) is 4.90 Å². The Bertz CT molecular complexity index is 514. The van der Waals surface area contributed by atoms with Crippen LogP contribution in [-0.2, 0) is 4.79 Å². The van der Waals surface area contributed by atoms with Gasteiger partial charge in [-0.2, -0.15) is 0 Å². The third kappa shape index (κ3) is 4.63. The van der Waals surface area contributed by atoms with Gasteiger partial charge in [-0.25, -0.2) is 4.79 Å². The summed E-state index contributed by atoms with van der Waals surface area (Å²) in [4.78, 5) is 26.6. The highest BCUT2D eigenvalue weighted by Gasteiger charge is 2.22. The molecule has 0 aliphatic rings. The summed E-state index contributed by atoms with van der Waals surface area (Å²) in [5.74, 6) is -0.923. The number of para-hydroxylation sites is 1. The highest BCUT2D eigenvalue weighted by molar-refractivity contribution is 5.93. The van der Waals surface area contributed by atoms with E-state index in [9.17, 15) is 9.59 Å². The van der Waals surface area contributed by atoms with Crippen molar-refractivity contribution in [3.63, 3.8) is 0 Å². The molecule has 0 aliphatic heterocycles. The van der Waals surface area contributed by atoms with Crippen molar-refractivity contribution in [3.8, 4) is 0 Å². The number of carbonyl (C=O) groups is 2.